The van der Waals surface area contributed by atoms with E-state index >= 15 is 0 Å². The SMILES string of the molecule is CCn1ncnc1CN[C@H]1COC[C@H]1Oc1cnn(C)c1. The zero-order valence-corrected chi connectivity index (χ0v) is 12.3. The Morgan fingerprint density at radius 1 is 1.43 bits per heavy atom. The maximum Gasteiger partial charge on any atom is 0.157 e. The molecule has 0 unspecified atom stereocenters. The number of rotatable bonds is 6. The second-order valence-corrected chi connectivity index (χ2v) is 5.02. The van der Waals surface area contributed by atoms with Crippen LogP contribution in [0.25, 0.3) is 0 Å². The second kappa shape index (κ2) is 6.23. The molecule has 3 heterocycles. The largest absolute Gasteiger partial charge is 0.483 e. The van der Waals surface area contributed by atoms with Crippen LogP contribution >= 0.6 is 0 Å². The van der Waals surface area contributed by atoms with E-state index in [4.69, 9.17) is 9.47 Å². The summed E-state index contributed by atoms with van der Waals surface area (Å²) < 4.78 is 15.0. The smallest absolute Gasteiger partial charge is 0.157 e. The summed E-state index contributed by atoms with van der Waals surface area (Å²) in [6.07, 6.45) is 5.12. The van der Waals surface area contributed by atoms with Gasteiger partial charge in [0.25, 0.3) is 0 Å². The van der Waals surface area contributed by atoms with Crippen LogP contribution in [0.15, 0.2) is 18.7 Å². The summed E-state index contributed by atoms with van der Waals surface area (Å²) in [6.45, 7) is 4.71. The van der Waals surface area contributed by atoms with Crippen molar-refractivity contribution in [2.24, 2.45) is 7.05 Å². The summed E-state index contributed by atoms with van der Waals surface area (Å²) in [5.74, 6) is 1.68. The number of nitrogens with one attached hydrogen (secondary N) is 1. The third kappa shape index (κ3) is 3.22. The first-order valence-corrected chi connectivity index (χ1v) is 7.09. The molecule has 0 amide bonds. The summed E-state index contributed by atoms with van der Waals surface area (Å²) in [5, 5.41) is 11.7. The number of nitrogens with zero attached hydrogens (tertiary/aromatic N) is 5. The van der Waals surface area contributed by atoms with Gasteiger partial charge in [-0.15, -0.1) is 0 Å². The lowest BCUT2D eigenvalue weighted by molar-refractivity contribution is 0.139. The Hall–Kier alpha value is -1.93. The van der Waals surface area contributed by atoms with Crippen molar-refractivity contribution in [2.75, 3.05) is 13.2 Å². The van der Waals surface area contributed by atoms with E-state index in [1.165, 1.54) is 0 Å². The van der Waals surface area contributed by atoms with Gasteiger partial charge in [0.05, 0.1) is 38.2 Å². The van der Waals surface area contributed by atoms with Gasteiger partial charge in [0.2, 0.25) is 0 Å². The van der Waals surface area contributed by atoms with E-state index in [9.17, 15) is 0 Å². The van der Waals surface area contributed by atoms with Crippen molar-refractivity contribution in [3.63, 3.8) is 0 Å². The molecule has 1 fully saturated rings. The normalized spacial score (nSPS) is 21.8. The maximum atomic E-state index is 5.92. The van der Waals surface area contributed by atoms with Gasteiger partial charge in [0, 0.05) is 13.6 Å². The lowest BCUT2D eigenvalue weighted by Crippen LogP contribution is -2.42. The van der Waals surface area contributed by atoms with Crippen molar-refractivity contribution in [1.82, 2.24) is 29.9 Å². The zero-order valence-electron chi connectivity index (χ0n) is 12.3. The molecular weight excluding hydrogens is 272 g/mol. The molecule has 8 heteroatoms. The van der Waals surface area contributed by atoms with E-state index in [1.54, 1.807) is 17.2 Å². The van der Waals surface area contributed by atoms with Crippen LogP contribution in [0.4, 0.5) is 0 Å². The average molecular weight is 292 g/mol. The van der Waals surface area contributed by atoms with E-state index in [1.807, 2.05) is 24.9 Å². The highest BCUT2D eigenvalue weighted by Gasteiger charge is 2.30. The topological polar surface area (TPSA) is 79.0 Å². The van der Waals surface area contributed by atoms with Crippen molar-refractivity contribution in [3.05, 3.63) is 24.5 Å². The summed E-state index contributed by atoms with van der Waals surface area (Å²) in [4.78, 5) is 4.25. The van der Waals surface area contributed by atoms with Crippen LogP contribution in [-0.4, -0.2) is 49.9 Å². The predicted molar refractivity (Wildman–Crippen MR) is 74.8 cm³/mol. The van der Waals surface area contributed by atoms with Crippen LogP contribution < -0.4 is 10.1 Å². The summed E-state index contributed by atoms with van der Waals surface area (Å²) >= 11 is 0. The average Bonchev–Trinajstić information content (AvgIpc) is 3.18. The van der Waals surface area contributed by atoms with E-state index in [2.05, 4.69) is 20.5 Å². The highest BCUT2D eigenvalue weighted by Crippen LogP contribution is 2.16. The molecule has 0 aromatic carbocycles. The third-order valence-corrected chi connectivity index (χ3v) is 3.51. The second-order valence-electron chi connectivity index (χ2n) is 5.02. The molecule has 114 valence electrons. The van der Waals surface area contributed by atoms with Crippen molar-refractivity contribution in [2.45, 2.75) is 32.2 Å². The monoisotopic (exact) mass is 292 g/mol. The number of hydrogen-bond acceptors (Lipinski definition) is 6. The summed E-state index contributed by atoms with van der Waals surface area (Å²) in [7, 11) is 1.87. The molecular formula is C13H20N6O2. The van der Waals surface area contributed by atoms with E-state index in [0.717, 1.165) is 18.1 Å². The van der Waals surface area contributed by atoms with Gasteiger partial charge in [0.1, 0.15) is 18.3 Å². The Labute approximate surface area is 123 Å². The quantitative estimate of drug-likeness (QED) is 0.805. The molecule has 2 atom stereocenters. The first-order valence-electron chi connectivity index (χ1n) is 7.09. The molecule has 1 aliphatic rings. The Morgan fingerprint density at radius 2 is 2.33 bits per heavy atom. The fourth-order valence-electron chi connectivity index (χ4n) is 2.39. The van der Waals surface area contributed by atoms with E-state index in [0.29, 0.717) is 19.8 Å². The first kappa shape index (κ1) is 14.0. The van der Waals surface area contributed by atoms with Gasteiger partial charge in [-0.1, -0.05) is 0 Å². The lowest BCUT2D eigenvalue weighted by Gasteiger charge is -2.19. The molecule has 1 saturated heterocycles. The number of hydrogen-bond donors (Lipinski definition) is 1. The number of ether oxygens (including phenoxy) is 2. The molecule has 1 N–H and O–H groups in total. The molecule has 0 saturated carbocycles. The van der Waals surface area contributed by atoms with Gasteiger partial charge in [-0.3, -0.25) is 4.68 Å². The van der Waals surface area contributed by atoms with Crippen molar-refractivity contribution in [1.29, 1.82) is 0 Å². The van der Waals surface area contributed by atoms with Gasteiger partial charge in [-0.2, -0.15) is 10.2 Å². The van der Waals surface area contributed by atoms with Crippen LogP contribution in [-0.2, 0) is 24.9 Å². The first-order chi connectivity index (χ1) is 10.3. The fourth-order valence-corrected chi connectivity index (χ4v) is 2.39. The summed E-state index contributed by atoms with van der Waals surface area (Å²) in [6, 6.07) is 0.132. The molecule has 1 aliphatic heterocycles. The van der Waals surface area contributed by atoms with Crippen LogP contribution in [0.3, 0.4) is 0 Å². The zero-order chi connectivity index (χ0) is 14.7. The minimum Gasteiger partial charge on any atom is -0.483 e. The third-order valence-electron chi connectivity index (χ3n) is 3.51. The van der Waals surface area contributed by atoms with Gasteiger partial charge >= 0.3 is 0 Å². The Kier molecular flexibility index (Phi) is 4.16. The highest BCUT2D eigenvalue weighted by atomic mass is 16.5. The van der Waals surface area contributed by atoms with Crippen LogP contribution in [0.5, 0.6) is 5.75 Å². The minimum atomic E-state index is -0.0211. The van der Waals surface area contributed by atoms with Crippen LogP contribution in [0, 0.1) is 0 Å². The molecule has 21 heavy (non-hydrogen) atoms. The van der Waals surface area contributed by atoms with Gasteiger partial charge in [-0.25, -0.2) is 9.67 Å². The van der Waals surface area contributed by atoms with Gasteiger partial charge in [0.15, 0.2) is 5.75 Å². The highest BCUT2D eigenvalue weighted by molar-refractivity contribution is 5.12. The Bertz CT molecular complexity index is 581. The molecule has 0 bridgehead atoms. The van der Waals surface area contributed by atoms with Crippen LogP contribution in [0.1, 0.15) is 12.7 Å². The van der Waals surface area contributed by atoms with Crippen molar-refractivity contribution in [3.8, 4) is 5.75 Å². The molecule has 8 nitrogen and oxygen atoms in total. The fraction of sp³-hybridized carbons (Fsp3) is 0.615. The molecule has 2 aromatic heterocycles. The van der Waals surface area contributed by atoms with Crippen molar-refractivity contribution < 1.29 is 9.47 Å². The molecule has 2 aromatic rings. The molecule has 0 spiro atoms. The maximum absolute atomic E-state index is 5.92. The molecule has 3 rings (SSSR count). The van der Waals surface area contributed by atoms with Crippen LogP contribution in [0.2, 0.25) is 0 Å². The Morgan fingerprint density at radius 3 is 3.10 bits per heavy atom. The predicted octanol–water partition coefficient (Wildman–Crippen LogP) is -0.0325. The Balaban J connectivity index is 1.57. The van der Waals surface area contributed by atoms with Gasteiger partial charge < -0.3 is 14.8 Å². The minimum absolute atomic E-state index is 0.0211. The number of aryl methyl sites for hydroxylation is 2. The molecule has 0 radical (unpaired) electrons. The number of aromatic nitrogens is 5. The van der Waals surface area contributed by atoms with E-state index < -0.39 is 0 Å². The van der Waals surface area contributed by atoms with Crippen molar-refractivity contribution >= 4 is 0 Å². The lowest BCUT2D eigenvalue weighted by atomic mass is 10.2. The van der Waals surface area contributed by atoms with Gasteiger partial charge in [-0.05, 0) is 6.92 Å². The molecule has 0 aliphatic carbocycles. The standard InChI is InChI=1S/C13H20N6O2/c1-3-19-13(15-9-17-19)5-14-11-7-20-8-12(11)21-10-4-16-18(2)6-10/h4,6,9,11-12,14H,3,5,7-8H2,1-2H3/t11-,12+/m0/s1. The van der Waals surface area contributed by atoms with E-state index in [-0.39, 0.29) is 12.1 Å². The summed E-state index contributed by atoms with van der Waals surface area (Å²) in [5.41, 5.74) is 0.